The van der Waals surface area contributed by atoms with Crippen molar-refractivity contribution in [3.63, 3.8) is 0 Å². The molecule has 7 saturated heterocycles. The van der Waals surface area contributed by atoms with E-state index in [1.165, 1.54) is 25.7 Å². The van der Waals surface area contributed by atoms with E-state index >= 15 is 0 Å². The minimum atomic E-state index is -1.50. The first-order chi connectivity index (χ1) is 23.7. The number of likely N-dealkylation sites (tertiary alicyclic amines) is 2. The third-order valence-electron chi connectivity index (χ3n) is 11.0. The van der Waals surface area contributed by atoms with Crippen LogP contribution < -0.4 is 5.32 Å². The zero-order valence-electron chi connectivity index (χ0n) is 29.2. The Morgan fingerprint density at radius 3 is 2.04 bits per heavy atom. The summed E-state index contributed by atoms with van der Waals surface area (Å²) in [4.78, 5) is 11.9. The van der Waals surface area contributed by atoms with E-state index in [1.54, 1.807) is 0 Å². The van der Waals surface area contributed by atoms with E-state index in [4.69, 9.17) is 42.7 Å². The molecule has 0 aromatic rings. The quantitative estimate of drug-likeness (QED) is 0.179. The molecule has 7 aliphatic heterocycles. The zero-order chi connectivity index (χ0) is 32.5. The van der Waals surface area contributed by atoms with Crippen LogP contribution in [0.1, 0.15) is 70.6 Å². The summed E-state index contributed by atoms with van der Waals surface area (Å²) in [7, 11) is 0. The van der Waals surface area contributed by atoms with Crippen molar-refractivity contribution < 1.29 is 42.7 Å². The highest BCUT2D eigenvalue weighted by molar-refractivity contribution is 5.05. The number of nitrogens with zero attached hydrogens (tertiary/aromatic N) is 3. The van der Waals surface area contributed by atoms with Crippen LogP contribution in [-0.2, 0) is 42.7 Å². The third-order valence-corrected chi connectivity index (χ3v) is 11.0. The van der Waals surface area contributed by atoms with Gasteiger partial charge in [0.25, 0.3) is 5.79 Å². The van der Waals surface area contributed by atoms with E-state index in [2.05, 4.69) is 15.1 Å². The fourth-order valence-electron chi connectivity index (χ4n) is 8.40. The van der Waals surface area contributed by atoms with Crippen LogP contribution in [0.4, 0.5) is 0 Å². The fraction of sp³-hybridized carbons (Fsp3) is 1.00. The normalized spacial score (nSPS) is 37.8. The third kappa shape index (κ3) is 8.74. The van der Waals surface area contributed by atoms with E-state index in [9.17, 15) is 0 Å². The van der Waals surface area contributed by atoms with E-state index in [-0.39, 0.29) is 24.4 Å². The number of rotatable bonds is 17. The van der Waals surface area contributed by atoms with Crippen LogP contribution in [0.5, 0.6) is 0 Å². The standard InChI is InChI=1S/C35H62N4O9/c1-2-14-37(13-1)17-6-20-43-35(44-24-18-38-15-3-4-16-38)34(46-29-9-21-40-22-10-29,47-32-7-5-19-41-28-32)33(45-31-11-23-42-27-31)26-39(35)48-30-8-12-36-25-30/h29-33,36H,1-28H2. The van der Waals surface area contributed by atoms with Crippen LogP contribution in [0.25, 0.3) is 0 Å². The van der Waals surface area contributed by atoms with Crippen LogP contribution in [0, 0.1) is 0 Å². The molecule has 7 fully saturated rings. The molecule has 6 atom stereocenters. The molecule has 0 aromatic heterocycles. The molecule has 13 heteroatoms. The second-order valence-electron chi connectivity index (χ2n) is 14.7. The van der Waals surface area contributed by atoms with Gasteiger partial charge in [-0.3, -0.25) is 4.84 Å². The molecular formula is C35H62N4O9. The summed E-state index contributed by atoms with van der Waals surface area (Å²) in [5.74, 6) is -2.94. The Morgan fingerprint density at radius 1 is 0.646 bits per heavy atom. The van der Waals surface area contributed by atoms with Crippen molar-refractivity contribution in [3.8, 4) is 0 Å². The van der Waals surface area contributed by atoms with Gasteiger partial charge in [0.05, 0.1) is 57.4 Å². The molecule has 0 aliphatic carbocycles. The summed E-state index contributed by atoms with van der Waals surface area (Å²) >= 11 is 0. The maximum atomic E-state index is 7.39. The van der Waals surface area contributed by atoms with Crippen molar-refractivity contribution in [1.29, 1.82) is 0 Å². The first kappa shape index (κ1) is 35.9. The van der Waals surface area contributed by atoms with E-state index < -0.39 is 17.8 Å². The minimum absolute atomic E-state index is 0.0212. The summed E-state index contributed by atoms with van der Waals surface area (Å²) in [5, 5.41) is 5.40. The van der Waals surface area contributed by atoms with Crippen LogP contribution in [0.15, 0.2) is 0 Å². The summed E-state index contributed by atoms with van der Waals surface area (Å²) in [6.45, 7) is 13.0. The second kappa shape index (κ2) is 17.8. The fourth-order valence-corrected chi connectivity index (χ4v) is 8.40. The molecule has 48 heavy (non-hydrogen) atoms. The maximum absolute atomic E-state index is 7.39. The van der Waals surface area contributed by atoms with Gasteiger partial charge in [0.15, 0.2) is 0 Å². The summed E-state index contributed by atoms with van der Waals surface area (Å²) in [5.41, 5.74) is 0. The van der Waals surface area contributed by atoms with Crippen LogP contribution in [0.2, 0.25) is 0 Å². The van der Waals surface area contributed by atoms with E-state index in [0.29, 0.717) is 52.8 Å². The smallest absolute Gasteiger partial charge is 0.312 e. The molecule has 7 aliphatic rings. The van der Waals surface area contributed by atoms with Gasteiger partial charge in [-0.15, -0.1) is 5.06 Å². The Morgan fingerprint density at radius 2 is 1.33 bits per heavy atom. The van der Waals surface area contributed by atoms with Gasteiger partial charge in [-0.05, 0) is 103 Å². The molecular weight excluding hydrogens is 620 g/mol. The number of hydroxylamine groups is 2. The van der Waals surface area contributed by atoms with Crippen molar-refractivity contribution in [1.82, 2.24) is 20.2 Å². The molecule has 0 spiro atoms. The van der Waals surface area contributed by atoms with Crippen molar-refractivity contribution >= 4 is 0 Å². The van der Waals surface area contributed by atoms with Gasteiger partial charge < -0.3 is 53.0 Å². The summed E-state index contributed by atoms with van der Waals surface area (Å²) in [6, 6.07) is 0. The minimum Gasteiger partial charge on any atom is -0.381 e. The monoisotopic (exact) mass is 682 g/mol. The lowest BCUT2D eigenvalue weighted by Crippen LogP contribution is -2.69. The van der Waals surface area contributed by atoms with Gasteiger partial charge in [0.1, 0.15) is 6.10 Å². The average Bonchev–Trinajstić information content (AvgIpc) is 3.96. The van der Waals surface area contributed by atoms with Crippen LogP contribution in [-0.4, -0.2) is 169 Å². The number of ether oxygens (including phenoxy) is 8. The number of hydrogen-bond donors (Lipinski definition) is 1. The van der Waals surface area contributed by atoms with Crippen molar-refractivity contribution in [3.05, 3.63) is 0 Å². The Hall–Kier alpha value is -0.520. The Kier molecular flexibility index (Phi) is 13.3. The molecule has 0 bridgehead atoms. The number of nitrogens with one attached hydrogen (secondary N) is 1. The van der Waals surface area contributed by atoms with Crippen LogP contribution >= 0.6 is 0 Å². The molecule has 276 valence electrons. The van der Waals surface area contributed by atoms with Crippen LogP contribution in [0.3, 0.4) is 0 Å². The number of hydrogen-bond acceptors (Lipinski definition) is 13. The Bertz CT molecular complexity index is 913. The lowest BCUT2D eigenvalue weighted by Gasteiger charge is -2.50. The molecule has 0 radical (unpaired) electrons. The average molecular weight is 683 g/mol. The van der Waals surface area contributed by atoms with Gasteiger partial charge in [0, 0.05) is 46.1 Å². The molecule has 0 amide bonds. The molecule has 1 N–H and O–H groups in total. The van der Waals surface area contributed by atoms with Crippen molar-refractivity contribution in [2.24, 2.45) is 0 Å². The molecule has 7 rings (SSSR count). The second-order valence-corrected chi connectivity index (χ2v) is 14.7. The maximum Gasteiger partial charge on any atom is 0.312 e. The topological polar surface area (TPSA) is 105 Å². The van der Waals surface area contributed by atoms with Gasteiger partial charge in [0.2, 0.25) is 0 Å². The predicted octanol–water partition coefficient (Wildman–Crippen LogP) is 2.13. The first-order valence-electron chi connectivity index (χ1n) is 19.3. The highest BCUT2D eigenvalue weighted by atomic mass is 16.9. The zero-order valence-corrected chi connectivity index (χ0v) is 29.2. The lowest BCUT2D eigenvalue weighted by molar-refractivity contribution is -0.498. The molecule has 0 saturated carbocycles. The molecule has 7 heterocycles. The summed E-state index contributed by atoms with van der Waals surface area (Å²) < 4.78 is 53.8. The molecule has 0 aromatic carbocycles. The van der Waals surface area contributed by atoms with Crippen molar-refractivity contribution in [2.45, 2.75) is 113 Å². The molecule has 6 unspecified atom stereocenters. The predicted molar refractivity (Wildman–Crippen MR) is 176 cm³/mol. The largest absolute Gasteiger partial charge is 0.381 e. The van der Waals surface area contributed by atoms with E-state index in [1.807, 2.05) is 5.06 Å². The highest BCUT2D eigenvalue weighted by Gasteiger charge is 2.74. The van der Waals surface area contributed by atoms with Gasteiger partial charge in [-0.1, -0.05) is 0 Å². The first-order valence-corrected chi connectivity index (χ1v) is 19.3. The van der Waals surface area contributed by atoms with E-state index in [0.717, 1.165) is 104 Å². The Labute approximate surface area is 287 Å². The SMILES string of the molecule is C1COCC(OC2(OC3CCOCC3)C(OC3CCOC3)CN(OC3CCNC3)C2(OCCCN2CCCC2)OCCN2CCCC2)C1. The molecule has 13 nitrogen and oxygen atoms in total. The summed E-state index contributed by atoms with van der Waals surface area (Å²) in [6.07, 6.45) is 9.94. The van der Waals surface area contributed by atoms with Gasteiger partial charge >= 0.3 is 5.91 Å². The van der Waals surface area contributed by atoms with Gasteiger partial charge in [-0.25, -0.2) is 0 Å². The van der Waals surface area contributed by atoms with Crippen molar-refractivity contribution in [2.75, 3.05) is 112 Å². The highest BCUT2D eigenvalue weighted by Crippen LogP contribution is 2.50. The Balaban J connectivity index is 1.25. The van der Waals surface area contributed by atoms with Gasteiger partial charge in [-0.2, -0.15) is 0 Å². The lowest BCUT2D eigenvalue weighted by atomic mass is 10.0.